The fraction of sp³-hybridized carbons (Fsp3) is 0.167. The van der Waals surface area contributed by atoms with E-state index in [-0.39, 0.29) is 5.78 Å². The number of hydrogen-bond acceptors (Lipinski definition) is 4. The number of hydrogen-bond donors (Lipinski definition) is 0. The third-order valence-electron chi connectivity index (χ3n) is 6.67. The second kappa shape index (κ2) is 8.71. The molecule has 0 saturated carbocycles. The molecule has 0 aliphatic carbocycles. The van der Waals surface area contributed by atoms with Crippen LogP contribution >= 0.6 is 0 Å². The summed E-state index contributed by atoms with van der Waals surface area (Å²) >= 11 is 0. The average Bonchev–Trinajstić information content (AvgIpc) is 2.92. The molecule has 2 heterocycles. The third kappa shape index (κ3) is 3.71. The number of benzene rings is 4. The van der Waals surface area contributed by atoms with Gasteiger partial charge in [-0.1, -0.05) is 24.3 Å². The molecule has 168 valence electrons. The quantitative estimate of drug-likeness (QED) is 0.268. The maximum atomic E-state index is 13.2. The van der Waals surface area contributed by atoms with E-state index in [0.717, 1.165) is 47.2 Å². The Balaban J connectivity index is 1.27. The van der Waals surface area contributed by atoms with E-state index in [1.807, 2.05) is 84.9 Å². The van der Waals surface area contributed by atoms with Gasteiger partial charge in [-0.05, 0) is 92.1 Å². The number of anilines is 4. The van der Waals surface area contributed by atoms with Crippen LogP contribution in [0.25, 0.3) is 0 Å². The van der Waals surface area contributed by atoms with Crippen LogP contribution in [0.1, 0.15) is 35.2 Å². The van der Waals surface area contributed by atoms with Crippen LogP contribution in [-0.2, 0) is 0 Å². The predicted octanol–water partition coefficient (Wildman–Crippen LogP) is 7.48. The van der Waals surface area contributed by atoms with E-state index in [1.54, 1.807) is 0 Å². The van der Waals surface area contributed by atoms with E-state index < -0.39 is 0 Å². The monoisotopic (exact) mass is 446 g/mol. The maximum Gasteiger partial charge on any atom is 0.193 e. The second-order valence-electron chi connectivity index (χ2n) is 8.84. The topological polar surface area (TPSA) is 32.8 Å². The molecular weight excluding hydrogens is 420 g/mol. The zero-order chi connectivity index (χ0) is 22.9. The van der Waals surface area contributed by atoms with Gasteiger partial charge < -0.3 is 14.5 Å². The Bertz CT molecular complexity index is 1280. The molecular formula is C30H26N2O2. The van der Waals surface area contributed by atoms with Crippen LogP contribution in [0.3, 0.4) is 0 Å². The van der Waals surface area contributed by atoms with Gasteiger partial charge in [0.25, 0.3) is 0 Å². The lowest BCUT2D eigenvalue weighted by Gasteiger charge is -2.32. The molecule has 34 heavy (non-hydrogen) atoms. The van der Waals surface area contributed by atoms with Crippen LogP contribution in [0.5, 0.6) is 11.5 Å². The van der Waals surface area contributed by atoms with Crippen molar-refractivity contribution < 1.29 is 9.53 Å². The summed E-state index contributed by atoms with van der Waals surface area (Å²) in [5.74, 6) is 1.67. The molecule has 1 saturated heterocycles. The van der Waals surface area contributed by atoms with Crippen molar-refractivity contribution in [2.75, 3.05) is 22.9 Å². The Hall–Kier alpha value is -4.05. The van der Waals surface area contributed by atoms with Gasteiger partial charge in [-0.2, -0.15) is 0 Å². The maximum absolute atomic E-state index is 13.2. The Morgan fingerprint density at radius 2 is 1.09 bits per heavy atom. The molecule has 0 bridgehead atoms. The lowest BCUT2D eigenvalue weighted by molar-refractivity contribution is 0.103. The Morgan fingerprint density at radius 1 is 0.588 bits per heavy atom. The summed E-state index contributed by atoms with van der Waals surface area (Å²) in [5.41, 5.74) is 5.55. The Kier molecular flexibility index (Phi) is 5.27. The van der Waals surface area contributed by atoms with E-state index in [1.165, 1.54) is 24.9 Å². The SMILES string of the molecule is O=C(c1ccc(N2CCCCC2)cc1)c1ccc(N2c3ccccc3Oc3ccccc32)cc1. The van der Waals surface area contributed by atoms with Crippen molar-refractivity contribution in [3.05, 3.63) is 108 Å². The van der Waals surface area contributed by atoms with Gasteiger partial charge in [-0.25, -0.2) is 0 Å². The molecule has 0 unspecified atom stereocenters. The van der Waals surface area contributed by atoms with Crippen LogP contribution in [0, 0.1) is 0 Å². The van der Waals surface area contributed by atoms with Crippen molar-refractivity contribution in [1.82, 2.24) is 0 Å². The molecule has 4 nitrogen and oxygen atoms in total. The van der Waals surface area contributed by atoms with Gasteiger partial charge >= 0.3 is 0 Å². The number of nitrogens with zero attached hydrogens (tertiary/aromatic N) is 2. The Labute approximate surface area is 200 Å². The standard InChI is InChI=1S/C30H26N2O2/c33-30(22-12-16-24(17-13-22)31-20-6-1-7-21-31)23-14-18-25(19-15-23)32-26-8-2-4-10-28(26)34-29-11-5-3-9-27(29)32/h2-5,8-19H,1,6-7,20-21H2. The van der Waals surface area contributed by atoms with E-state index in [0.29, 0.717) is 5.56 Å². The molecule has 0 spiro atoms. The highest BCUT2D eigenvalue weighted by Crippen LogP contribution is 2.49. The summed E-state index contributed by atoms with van der Waals surface area (Å²) in [4.78, 5) is 17.8. The summed E-state index contributed by atoms with van der Waals surface area (Å²) < 4.78 is 6.10. The first-order valence-electron chi connectivity index (χ1n) is 11.9. The molecule has 4 heteroatoms. The lowest BCUT2D eigenvalue weighted by Crippen LogP contribution is -2.29. The molecule has 0 N–H and O–H groups in total. The van der Waals surface area contributed by atoms with E-state index in [4.69, 9.17) is 4.74 Å². The number of piperidine rings is 1. The fourth-order valence-electron chi connectivity index (χ4n) is 4.89. The van der Waals surface area contributed by atoms with Crippen LogP contribution in [0.4, 0.5) is 22.7 Å². The van der Waals surface area contributed by atoms with Crippen LogP contribution in [0.2, 0.25) is 0 Å². The van der Waals surface area contributed by atoms with Crippen molar-refractivity contribution in [3.8, 4) is 11.5 Å². The summed E-state index contributed by atoms with van der Waals surface area (Å²) in [5, 5.41) is 0. The number of ether oxygens (including phenoxy) is 1. The van der Waals surface area contributed by atoms with Crippen molar-refractivity contribution >= 4 is 28.5 Å². The normalized spacial score (nSPS) is 14.7. The van der Waals surface area contributed by atoms with Gasteiger partial charge in [0.15, 0.2) is 17.3 Å². The smallest absolute Gasteiger partial charge is 0.193 e. The van der Waals surface area contributed by atoms with Crippen LogP contribution in [-0.4, -0.2) is 18.9 Å². The van der Waals surface area contributed by atoms with Gasteiger partial charge in [-0.3, -0.25) is 4.79 Å². The first kappa shape index (κ1) is 20.5. The molecule has 0 aromatic heterocycles. The molecule has 0 radical (unpaired) electrons. The largest absolute Gasteiger partial charge is 0.453 e. The molecule has 2 aliphatic heterocycles. The summed E-state index contributed by atoms with van der Waals surface area (Å²) in [7, 11) is 0. The van der Waals surface area contributed by atoms with E-state index >= 15 is 0 Å². The predicted molar refractivity (Wildman–Crippen MR) is 137 cm³/mol. The number of ketones is 1. The summed E-state index contributed by atoms with van der Waals surface area (Å²) in [6, 6.07) is 31.9. The minimum absolute atomic E-state index is 0.0412. The highest BCUT2D eigenvalue weighted by molar-refractivity contribution is 6.09. The van der Waals surface area contributed by atoms with Crippen molar-refractivity contribution in [2.24, 2.45) is 0 Å². The minimum Gasteiger partial charge on any atom is -0.453 e. The van der Waals surface area contributed by atoms with Crippen molar-refractivity contribution in [1.29, 1.82) is 0 Å². The number of rotatable bonds is 4. The number of carbonyl (C=O) groups is 1. The van der Waals surface area contributed by atoms with Gasteiger partial charge in [0.2, 0.25) is 0 Å². The van der Waals surface area contributed by atoms with Crippen LogP contribution in [0.15, 0.2) is 97.1 Å². The van der Waals surface area contributed by atoms with E-state index in [9.17, 15) is 4.79 Å². The molecule has 6 rings (SSSR count). The van der Waals surface area contributed by atoms with Crippen LogP contribution < -0.4 is 14.5 Å². The number of carbonyl (C=O) groups excluding carboxylic acids is 1. The van der Waals surface area contributed by atoms with Gasteiger partial charge in [0.1, 0.15) is 0 Å². The Morgan fingerprint density at radius 3 is 1.65 bits per heavy atom. The average molecular weight is 447 g/mol. The molecule has 0 amide bonds. The van der Waals surface area contributed by atoms with Crippen molar-refractivity contribution in [3.63, 3.8) is 0 Å². The van der Waals surface area contributed by atoms with Gasteiger partial charge in [0.05, 0.1) is 11.4 Å². The third-order valence-corrected chi connectivity index (χ3v) is 6.67. The lowest BCUT2D eigenvalue weighted by atomic mass is 10.0. The molecule has 4 aromatic rings. The summed E-state index contributed by atoms with van der Waals surface area (Å²) in [6.07, 6.45) is 3.79. The molecule has 4 aromatic carbocycles. The molecule has 0 atom stereocenters. The molecule has 1 fully saturated rings. The van der Waals surface area contributed by atoms with E-state index in [2.05, 4.69) is 21.9 Å². The second-order valence-corrected chi connectivity index (χ2v) is 8.84. The highest BCUT2D eigenvalue weighted by Gasteiger charge is 2.25. The minimum atomic E-state index is 0.0412. The zero-order valence-corrected chi connectivity index (χ0v) is 19.0. The van der Waals surface area contributed by atoms with Crippen molar-refractivity contribution in [2.45, 2.75) is 19.3 Å². The fourth-order valence-corrected chi connectivity index (χ4v) is 4.89. The summed E-state index contributed by atoms with van der Waals surface area (Å²) in [6.45, 7) is 2.20. The first-order chi connectivity index (χ1) is 16.8. The zero-order valence-electron chi connectivity index (χ0n) is 19.0. The van der Waals surface area contributed by atoms with Gasteiger partial charge in [-0.15, -0.1) is 0 Å². The first-order valence-corrected chi connectivity index (χ1v) is 11.9. The number of fused-ring (bicyclic) bond motifs is 2. The highest BCUT2D eigenvalue weighted by atomic mass is 16.5. The number of para-hydroxylation sites is 4. The van der Waals surface area contributed by atoms with Gasteiger partial charge in [0, 0.05) is 35.6 Å². The molecule has 2 aliphatic rings.